The van der Waals surface area contributed by atoms with Gasteiger partial charge in [0.2, 0.25) is 10.0 Å². The molecule has 0 aliphatic carbocycles. The zero-order valence-corrected chi connectivity index (χ0v) is 14.2. The van der Waals surface area contributed by atoms with Crippen LogP contribution in [0.4, 0.5) is 5.69 Å². The molecule has 8 heteroatoms. The zero-order valence-electron chi connectivity index (χ0n) is 13.4. The molecule has 1 aliphatic heterocycles. The van der Waals surface area contributed by atoms with Crippen molar-refractivity contribution in [2.45, 2.75) is 30.6 Å². The van der Waals surface area contributed by atoms with Crippen LogP contribution in [0, 0.1) is 0 Å². The molecule has 1 heterocycles. The Kier molecular flexibility index (Phi) is 4.73. The van der Waals surface area contributed by atoms with E-state index in [4.69, 9.17) is 5.11 Å². The van der Waals surface area contributed by atoms with Gasteiger partial charge in [0.15, 0.2) is 0 Å². The van der Waals surface area contributed by atoms with E-state index in [1.165, 1.54) is 6.07 Å². The van der Waals surface area contributed by atoms with Crippen molar-refractivity contribution in [2.75, 3.05) is 11.9 Å². The number of amides is 1. The minimum atomic E-state index is -3.72. The number of aliphatic carboxylic acids is 1. The van der Waals surface area contributed by atoms with E-state index >= 15 is 0 Å². The van der Waals surface area contributed by atoms with Crippen molar-refractivity contribution in [2.24, 2.45) is 0 Å². The van der Waals surface area contributed by atoms with Gasteiger partial charge >= 0.3 is 5.97 Å². The zero-order chi connectivity index (χ0) is 18.0. The molecule has 3 N–H and O–H groups in total. The summed E-state index contributed by atoms with van der Waals surface area (Å²) in [5.41, 5.74) is 1.08. The summed E-state index contributed by atoms with van der Waals surface area (Å²) >= 11 is 0. The number of nitrogens with one attached hydrogen (secondary N) is 2. The number of unbranched alkanes of at least 4 members (excludes halogenated alkanes) is 2. The third kappa shape index (κ3) is 3.49. The van der Waals surface area contributed by atoms with Crippen LogP contribution in [0.5, 0.6) is 0 Å². The van der Waals surface area contributed by atoms with E-state index < -0.39 is 16.0 Å². The molecule has 1 aliphatic rings. The molecule has 2 aromatic rings. The molecular formula is C17H18N2O5S. The molecule has 0 spiro atoms. The fraction of sp³-hybridized carbons (Fsp3) is 0.294. The molecule has 1 amide bonds. The third-order valence-corrected chi connectivity index (χ3v) is 5.66. The second-order valence-electron chi connectivity index (χ2n) is 5.90. The summed E-state index contributed by atoms with van der Waals surface area (Å²) in [5, 5.41) is 12.4. The van der Waals surface area contributed by atoms with E-state index in [1.54, 1.807) is 24.3 Å². The molecule has 0 saturated carbocycles. The molecular weight excluding hydrogens is 344 g/mol. The number of carboxylic acids is 1. The molecule has 0 fully saturated rings. The van der Waals surface area contributed by atoms with E-state index in [0.717, 1.165) is 0 Å². The molecule has 0 saturated heterocycles. The average Bonchev–Trinajstić information content (AvgIpc) is 2.89. The number of benzene rings is 2. The van der Waals surface area contributed by atoms with Crippen molar-refractivity contribution in [3.05, 3.63) is 35.9 Å². The third-order valence-electron chi connectivity index (χ3n) is 4.14. The Bertz CT molecular complexity index is 953. The normalized spacial score (nSPS) is 13.2. The predicted molar refractivity (Wildman–Crippen MR) is 93.2 cm³/mol. The van der Waals surface area contributed by atoms with Gasteiger partial charge in [0.25, 0.3) is 5.91 Å². The SMILES string of the molecule is O=C(O)CCCCCNS(=O)(=O)c1ccc2c3c(cccc13)C(=O)N2. The quantitative estimate of drug-likeness (QED) is 0.624. The maximum atomic E-state index is 12.6. The Morgan fingerprint density at radius 2 is 1.92 bits per heavy atom. The number of hydrogen-bond donors (Lipinski definition) is 3. The van der Waals surface area contributed by atoms with Crippen LogP contribution in [0.25, 0.3) is 10.8 Å². The highest BCUT2D eigenvalue weighted by atomic mass is 32.2. The molecule has 7 nitrogen and oxygen atoms in total. The van der Waals surface area contributed by atoms with Crippen molar-refractivity contribution in [3.63, 3.8) is 0 Å². The number of anilines is 1. The summed E-state index contributed by atoms with van der Waals surface area (Å²) in [5.74, 6) is -1.09. The predicted octanol–water partition coefficient (Wildman–Crippen LogP) is 2.33. The molecule has 0 bridgehead atoms. The monoisotopic (exact) mass is 362 g/mol. The van der Waals surface area contributed by atoms with E-state index in [9.17, 15) is 18.0 Å². The lowest BCUT2D eigenvalue weighted by molar-refractivity contribution is -0.137. The summed E-state index contributed by atoms with van der Waals surface area (Å²) in [6.07, 6.45) is 1.80. The highest BCUT2D eigenvalue weighted by molar-refractivity contribution is 7.89. The highest BCUT2D eigenvalue weighted by Crippen LogP contribution is 2.36. The Balaban J connectivity index is 1.76. The van der Waals surface area contributed by atoms with Crippen molar-refractivity contribution < 1.29 is 23.1 Å². The van der Waals surface area contributed by atoms with Crippen molar-refractivity contribution >= 4 is 38.4 Å². The Hall–Kier alpha value is -2.45. The van der Waals surface area contributed by atoms with Crippen LogP contribution >= 0.6 is 0 Å². The summed E-state index contributed by atoms with van der Waals surface area (Å²) in [7, 11) is -3.72. The number of carbonyl (C=O) groups is 2. The van der Waals surface area contributed by atoms with E-state index in [-0.39, 0.29) is 23.8 Å². The first-order chi connectivity index (χ1) is 11.9. The lowest BCUT2D eigenvalue weighted by Crippen LogP contribution is -2.25. The maximum Gasteiger partial charge on any atom is 0.303 e. The molecule has 0 unspecified atom stereocenters. The van der Waals surface area contributed by atoms with Gasteiger partial charge in [-0.2, -0.15) is 0 Å². The van der Waals surface area contributed by atoms with Crippen molar-refractivity contribution in [3.8, 4) is 0 Å². The van der Waals surface area contributed by atoms with E-state index in [2.05, 4.69) is 10.0 Å². The summed E-state index contributed by atoms with van der Waals surface area (Å²) < 4.78 is 27.7. The van der Waals surface area contributed by atoms with E-state index in [1.807, 2.05) is 0 Å². The smallest absolute Gasteiger partial charge is 0.303 e. The molecule has 2 aromatic carbocycles. The second kappa shape index (κ2) is 6.81. The fourth-order valence-corrected chi connectivity index (χ4v) is 4.23. The largest absolute Gasteiger partial charge is 0.481 e. The number of rotatable bonds is 8. The Morgan fingerprint density at radius 1 is 1.12 bits per heavy atom. The van der Waals surface area contributed by atoms with Gasteiger partial charge in [0.05, 0.1) is 4.90 Å². The topological polar surface area (TPSA) is 113 Å². The first kappa shape index (κ1) is 17.4. The molecule has 0 aromatic heterocycles. The van der Waals surface area contributed by atoms with Crippen molar-refractivity contribution in [1.29, 1.82) is 0 Å². The first-order valence-corrected chi connectivity index (χ1v) is 9.47. The molecule has 25 heavy (non-hydrogen) atoms. The summed E-state index contributed by atoms with van der Waals surface area (Å²) in [6, 6.07) is 8.10. The maximum absolute atomic E-state index is 12.6. The van der Waals surface area contributed by atoms with Crippen LogP contribution in [0.2, 0.25) is 0 Å². The average molecular weight is 362 g/mol. The molecule has 0 radical (unpaired) electrons. The summed E-state index contributed by atoms with van der Waals surface area (Å²) in [6.45, 7) is 0.238. The number of sulfonamides is 1. The highest BCUT2D eigenvalue weighted by Gasteiger charge is 2.25. The van der Waals surface area contributed by atoms with Crippen LogP contribution in [0.1, 0.15) is 36.0 Å². The minimum Gasteiger partial charge on any atom is -0.481 e. The Morgan fingerprint density at radius 3 is 2.68 bits per heavy atom. The second-order valence-corrected chi connectivity index (χ2v) is 7.63. The number of carbonyl (C=O) groups excluding carboxylic acids is 1. The van der Waals surface area contributed by atoms with Gasteiger partial charge in [0.1, 0.15) is 0 Å². The van der Waals surface area contributed by atoms with Gasteiger partial charge in [-0.25, -0.2) is 13.1 Å². The van der Waals surface area contributed by atoms with Crippen LogP contribution in [-0.2, 0) is 14.8 Å². The number of carboxylic acid groups (broad SMARTS) is 1. The van der Waals surface area contributed by atoms with Gasteiger partial charge in [0, 0.05) is 35.0 Å². The van der Waals surface area contributed by atoms with Gasteiger partial charge in [-0.05, 0) is 31.0 Å². The Labute approximate surface area is 145 Å². The van der Waals surface area contributed by atoms with Crippen LogP contribution in [-0.4, -0.2) is 31.9 Å². The van der Waals surface area contributed by atoms with Crippen LogP contribution in [0.3, 0.4) is 0 Å². The first-order valence-electron chi connectivity index (χ1n) is 7.99. The standard InChI is InChI=1S/C17H18N2O5S/c20-15(21)7-2-1-3-10-18-25(23,24)14-9-8-13-16-11(14)5-4-6-12(16)17(22)19-13/h4-6,8-9,18H,1-3,7,10H2,(H,19,22)(H,20,21). The minimum absolute atomic E-state index is 0.0860. The summed E-state index contributed by atoms with van der Waals surface area (Å²) in [4.78, 5) is 22.5. The van der Waals surface area contributed by atoms with Crippen LogP contribution in [0.15, 0.2) is 35.2 Å². The molecule has 0 atom stereocenters. The van der Waals surface area contributed by atoms with Crippen LogP contribution < -0.4 is 10.0 Å². The van der Waals surface area contributed by atoms with Crippen molar-refractivity contribution in [1.82, 2.24) is 4.72 Å². The lowest BCUT2D eigenvalue weighted by Gasteiger charge is -2.10. The van der Waals surface area contributed by atoms with Gasteiger partial charge in [-0.3, -0.25) is 9.59 Å². The van der Waals surface area contributed by atoms with E-state index in [0.29, 0.717) is 41.3 Å². The number of hydrogen-bond acceptors (Lipinski definition) is 4. The lowest BCUT2D eigenvalue weighted by atomic mass is 10.1. The van der Waals surface area contributed by atoms with Gasteiger partial charge in [-0.15, -0.1) is 0 Å². The van der Waals surface area contributed by atoms with Gasteiger partial charge in [-0.1, -0.05) is 18.6 Å². The molecule has 3 rings (SSSR count). The fourth-order valence-electron chi connectivity index (χ4n) is 2.96. The molecule has 132 valence electrons. The van der Waals surface area contributed by atoms with Gasteiger partial charge < -0.3 is 10.4 Å².